The Hall–Kier alpha value is -1.72. The van der Waals surface area contributed by atoms with Crippen LogP contribution in [0.25, 0.3) is 0 Å². The molecule has 0 fully saturated rings. The van der Waals surface area contributed by atoms with Crippen LogP contribution in [0.5, 0.6) is 0 Å². The highest BCUT2D eigenvalue weighted by molar-refractivity contribution is 5.92. The zero-order valence-corrected chi connectivity index (χ0v) is 10.3. The number of hydrogen-bond acceptors (Lipinski definition) is 4. The van der Waals surface area contributed by atoms with E-state index in [1.54, 1.807) is 9.58 Å². The fraction of sp³-hybridized carbons (Fsp3) is 0.667. The summed E-state index contributed by atoms with van der Waals surface area (Å²) in [5.41, 5.74) is 0. The van der Waals surface area contributed by atoms with Gasteiger partial charge in [-0.1, -0.05) is 17.3 Å². The summed E-state index contributed by atoms with van der Waals surface area (Å²) in [5.74, 6) is 1.13. The van der Waals surface area contributed by atoms with Crippen molar-refractivity contribution in [3.8, 4) is 0 Å². The summed E-state index contributed by atoms with van der Waals surface area (Å²) in [6.45, 7) is 1.53. The van der Waals surface area contributed by atoms with Gasteiger partial charge in [0.1, 0.15) is 0 Å². The third-order valence-corrected chi connectivity index (χ3v) is 3.60. The first kappa shape index (κ1) is 11.4. The van der Waals surface area contributed by atoms with Crippen LogP contribution in [0, 0.1) is 5.92 Å². The number of aromatic nitrogens is 4. The zero-order chi connectivity index (χ0) is 12.4. The molecule has 18 heavy (non-hydrogen) atoms. The van der Waals surface area contributed by atoms with Crippen LogP contribution in [0.3, 0.4) is 0 Å². The first-order chi connectivity index (χ1) is 8.84. The molecular formula is C12H17N5O. The number of rotatable bonds is 2. The number of allylic oxidation sites excluding steroid dienone is 2. The largest absolute Gasteiger partial charge is 0.279 e. The van der Waals surface area contributed by atoms with Crippen LogP contribution in [0.4, 0.5) is 5.95 Å². The quantitative estimate of drug-likeness (QED) is 0.735. The average molecular weight is 247 g/mol. The molecule has 96 valence electrons. The van der Waals surface area contributed by atoms with Gasteiger partial charge in [-0.3, -0.25) is 9.69 Å². The molecule has 2 aliphatic rings. The maximum atomic E-state index is 12.3. The summed E-state index contributed by atoms with van der Waals surface area (Å²) >= 11 is 0. The van der Waals surface area contributed by atoms with E-state index in [-0.39, 0.29) is 5.91 Å². The predicted molar refractivity (Wildman–Crippen MR) is 65.9 cm³/mol. The highest BCUT2D eigenvalue weighted by atomic mass is 16.2. The van der Waals surface area contributed by atoms with Crippen LogP contribution in [-0.4, -0.2) is 32.7 Å². The third kappa shape index (κ3) is 2.14. The molecule has 0 spiro atoms. The molecule has 0 radical (unpaired) electrons. The van der Waals surface area contributed by atoms with Crippen molar-refractivity contribution in [3.63, 3.8) is 0 Å². The van der Waals surface area contributed by atoms with Crippen molar-refractivity contribution < 1.29 is 4.79 Å². The zero-order valence-electron chi connectivity index (χ0n) is 10.3. The molecular weight excluding hydrogens is 230 g/mol. The summed E-state index contributed by atoms with van der Waals surface area (Å²) in [7, 11) is 0. The van der Waals surface area contributed by atoms with Crippen molar-refractivity contribution in [2.45, 2.75) is 38.6 Å². The number of aryl methyl sites for hydroxylation is 1. The second-order valence-electron chi connectivity index (χ2n) is 4.92. The van der Waals surface area contributed by atoms with Gasteiger partial charge in [-0.25, -0.2) is 4.68 Å². The van der Waals surface area contributed by atoms with Gasteiger partial charge in [-0.05, 0) is 42.0 Å². The number of hydrogen-bond donors (Lipinski definition) is 0. The minimum absolute atomic E-state index is 0.141. The Morgan fingerprint density at radius 3 is 3.17 bits per heavy atom. The SMILES string of the molecule is O=C(CC1C=CCCC1)N1CCCn2nnnc21. The van der Waals surface area contributed by atoms with Crippen LogP contribution < -0.4 is 4.90 Å². The van der Waals surface area contributed by atoms with Gasteiger partial charge in [0.15, 0.2) is 0 Å². The van der Waals surface area contributed by atoms with Crippen molar-refractivity contribution in [1.82, 2.24) is 20.2 Å². The fourth-order valence-electron chi connectivity index (χ4n) is 2.64. The predicted octanol–water partition coefficient (Wildman–Crippen LogP) is 1.16. The van der Waals surface area contributed by atoms with Gasteiger partial charge in [0.2, 0.25) is 5.91 Å². The number of carbonyl (C=O) groups excluding carboxylic acids is 1. The summed E-state index contributed by atoms with van der Waals surface area (Å²) < 4.78 is 1.71. The van der Waals surface area contributed by atoms with Crippen molar-refractivity contribution >= 4 is 11.9 Å². The Labute approximate surface area is 106 Å². The van der Waals surface area contributed by atoms with Gasteiger partial charge in [0.25, 0.3) is 5.95 Å². The summed E-state index contributed by atoms with van der Waals surface area (Å²) in [5, 5.41) is 11.5. The van der Waals surface area contributed by atoms with Crippen LogP contribution in [-0.2, 0) is 11.3 Å². The first-order valence-electron chi connectivity index (χ1n) is 6.58. The highest BCUT2D eigenvalue weighted by Gasteiger charge is 2.26. The summed E-state index contributed by atoms with van der Waals surface area (Å²) in [4.78, 5) is 14.0. The monoisotopic (exact) mass is 247 g/mol. The van der Waals surface area contributed by atoms with Crippen molar-refractivity contribution in [3.05, 3.63) is 12.2 Å². The molecule has 6 heteroatoms. The van der Waals surface area contributed by atoms with Crippen LogP contribution in [0.1, 0.15) is 32.1 Å². The first-order valence-corrected chi connectivity index (χ1v) is 6.58. The van der Waals surface area contributed by atoms with E-state index in [4.69, 9.17) is 0 Å². The van der Waals surface area contributed by atoms with Crippen LogP contribution >= 0.6 is 0 Å². The molecule has 0 N–H and O–H groups in total. The van der Waals surface area contributed by atoms with Crippen molar-refractivity contribution in [1.29, 1.82) is 0 Å². The lowest BCUT2D eigenvalue weighted by Gasteiger charge is -2.26. The van der Waals surface area contributed by atoms with E-state index in [9.17, 15) is 4.79 Å². The van der Waals surface area contributed by atoms with E-state index in [0.29, 0.717) is 18.3 Å². The van der Waals surface area contributed by atoms with E-state index in [0.717, 1.165) is 32.4 Å². The number of carbonyl (C=O) groups is 1. The molecule has 1 atom stereocenters. The summed E-state index contributed by atoms with van der Waals surface area (Å²) in [6, 6.07) is 0. The Kier molecular flexibility index (Phi) is 3.08. The standard InChI is InChI=1S/C12H17N5O/c18-11(9-10-5-2-1-3-6-10)16-7-4-8-17-12(16)13-14-15-17/h2,5,10H,1,3-4,6-9H2. The summed E-state index contributed by atoms with van der Waals surface area (Å²) in [6.07, 6.45) is 9.30. The van der Waals surface area contributed by atoms with Crippen molar-refractivity contribution in [2.75, 3.05) is 11.4 Å². The molecule has 1 aromatic heterocycles. The van der Waals surface area contributed by atoms with Gasteiger partial charge >= 0.3 is 0 Å². The molecule has 1 aromatic rings. The second-order valence-corrected chi connectivity index (χ2v) is 4.92. The number of amides is 1. The maximum absolute atomic E-state index is 12.3. The Bertz CT molecular complexity index is 467. The van der Waals surface area contributed by atoms with Gasteiger partial charge in [0.05, 0.1) is 0 Å². The lowest BCUT2D eigenvalue weighted by Crippen LogP contribution is -2.38. The van der Waals surface area contributed by atoms with Gasteiger partial charge < -0.3 is 0 Å². The number of anilines is 1. The maximum Gasteiger partial charge on any atom is 0.252 e. The average Bonchev–Trinajstić information content (AvgIpc) is 2.87. The number of tetrazole rings is 1. The molecule has 3 rings (SSSR count). The Morgan fingerprint density at radius 2 is 2.33 bits per heavy atom. The number of fused-ring (bicyclic) bond motifs is 1. The Morgan fingerprint density at radius 1 is 1.39 bits per heavy atom. The van der Waals surface area contributed by atoms with E-state index in [2.05, 4.69) is 27.7 Å². The molecule has 6 nitrogen and oxygen atoms in total. The molecule has 1 aliphatic carbocycles. The molecule has 0 bridgehead atoms. The number of nitrogens with zero attached hydrogens (tertiary/aromatic N) is 5. The lowest BCUT2D eigenvalue weighted by atomic mass is 9.92. The minimum atomic E-state index is 0.141. The molecule has 1 amide bonds. The fourth-order valence-corrected chi connectivity index (χ4v) is 2.64. The normalized spacial score (nSPS) is 22.9. The van der Waals surface area contributed by atoms with Gasteiger partial charge in [-0.2, -0.15) is 0 Å². The molecule has 0 saturated heterocycles. The molecule has 1 unspecified atom stereocenters. The molecule has 0 saturated carbocycles. The smallest absolute Gasteiger partial charge is 0.252 e. The van der Waals surface area contributed by atoms with Gasteiger partial charge in [0, 0.05) is 19.5 Å². The topological polar surface area (TPSA) is 63.9 Å². The molecule has 2 heterocycles. The third-order valence-electron chi connectivity index (χ3n) is 3.60. The van der Waals surface area contributed by atoms with Crippen LogP contribution in [0.2, 0.25) is 0 Å². The lowest BCUT2D eigenvalue weighted by molar-refractivity contribution is -0.119. The van der Waals surface area contributed by atoms with Crippen molar-refractivity contribution in [2.24, 2.45) is 5.92 Å². The minimum Gasteiger partial charge on any atom is -0.279 e. The molecule has 0 aromatic carbocycles. The van der Waals surface area contributed by atoms with E-state index < -0.39 is 0 Å². The second kappa shape index (κ2) is 4.88. The Balaban J connectivity index is 1.70. The highest BCUT2D eigenvalue weighted by Crippen LogP contribution is 2.23. The van der Waals surface area contributed by atoms with E-state index >= 15 is 0 Å². The van der Waals surface area contributed by atoms with E-state index in [1.165, 1.54) is 6.42 Å². The van der Waals surface area contributed by atoms with Crippen LogP contribution in [0.15, 0.2) is 12.2 Å². The van der Waals surface area contributed by atoms with Gasteiger partial charge in [-0.15, -0.1) is 0 Å². The van der Waals surface area contributed by atoms with E-state index in [1.807, 2.05) is 0 Å². The molecule has 1 aliphatic heterocycles.